The lowest BCUT2D eigenvalue weighted by atomic mass is 10.2. The number of ether oxygens (including phenoxy) is 1. The molecule has 1 amide bonds. The van der Waals surface area contributed by atoms with Crippen molar-refractivity contribution in [3.05, 3.63) is 29.8 Å². The van der Waals surface area contributed by atoms with Gasteiger partial charge in [0.1, 0.15) is 12.3 Å². The fraction of sp³-hybridized carbons (Fsp3) is 0.429. The molecule has 1 rings (SSSR count). The molecule has 0 atom stereocenters. The minimum absolute atomic E-state index is 0.323. The molecule has 19 heavy (non-hydrogen) atoms. The van der Waals surface area contributed by atoms with Gasteiger partial charge in [-0.05, 0) is 24.1 Å². The first kappa shape index (κ1) is 15.0. The summed E-state index contributed by atoms with van der Waals surface area (Å²) in [6, 6.07) is 6.76. The Labute approximate surface area is 112 Å². The number of nitrogens with zero attached hydrogens (tertiary/aromatic N) is 1. The third kappa shape index (κ3) is 4.99. The van der Waals surface area contributed by atoms with Crippen molar-refractivity contribution in [1.82, 2.24) is 4.90 Å². The summed E-state index contributed by atoms with van der Waals surface area (Å²) < 4.78 is 5.53. The maximum Gasteiger partial charge on any atom is 0.323 e. The molecule has 0 unspecified atom stereocenters. The molecule has 0 aliphatic heterocycles. The SMILES string of the molecule is CC(C)COc1cccc(C(=O)N(C)CC(=O)O)c1. The van der Waals surface area contributed by atoms with Gasteiger partial charge in [-0.15, -0.1) is 0 Å². The number of amides is 1. The number of rotatable bonds is 6. The number of benzene rings is 1. The first-order valence-corrected chi connectivity index (χ1v) is 6.10. The molecule has 0 aromatic heterocycles. The summed E-state index contributed by atoms with van der Waals surface area (Å²) >= 11 is 0. The normalized spacial score (nSPS) is 10.3. The van der Waals surface area contributed by atoms with Gasteiger partial charge in [0.05, 0.1) is 6.61 Å². The Morgan fingerprint density at radius 1 is 1.37 bits per heavy atom. The molecule has 0 bridgehead atoms. The summed E-state index contributed by atoms with van der Waals surface area (Å²) in [5.41, 5.74) is 0.421. The smallest absolute Gasteiger partial charge is 0.323 e. The highest BCUT2D eigenvalue weighted by atomic mass is 16.5. The average molecular weight is 265 g/mol. The fourth-order valence-corrected chi connectivity index (χ4v) is 1.48. The standard InChI is InChI=1S/C14H19NO4/c1-10(2)9-19-12-6-4-5-11(7-12)14(18)15(3)8-13(16)17/h4-7,10H,8-9H2,1-3H3,(H,16,17). The largest absolute Gasteiger partial charge is 0.493 e. The third-order valence-corrected chi connectivity index (χ3v) is 2.38. The van der Waals surface area contributed by atoms with Crippen LogP contribution in [-0.2, 0) is 4.79 Å². The lowest BCUT2D eigenvalue weighted by molar-refractivity contribution is -0.137. The Kier molecular flexibility index (Phi) is 5.36. The van der Waals surface area contributed by atoms with E-state index in [0.29, 0.717) is 23.8 Å². The van der Waals surface area contributed by atoms with Gasteiger partial charge < -0.3 is 14.7 Å². The van der Waals surface area contributed by atoms with Gasteiger partial charge in [0.2, 0.25) is 0 Å². The van der Waals surface area contributed by atoms with Gasteiger partial charge in [-0.2, -0.15) is 0 Å². The molecule has 0 saturated carbocycles. The van der Waals surface area contributed by atoms with Crippen LogP contribution in [0.1, 0.15) is 24.2 Å². The predicted octanol–water partition coefficient (Wildman–Crippen LogP) is 1.88. The summed E-state index contributed by atoms with van der Waals surface area (Å²) in [6.07, 6.45) is 0. The van der Waals surface area contributed by atoms with Gasteiger partial charge in [0.25, 0.3) is 5.91 Å². The molecule has 1 aromatic carbocycles. The highest BCUT2D eigenvalue weighted by molar-refractivity contribution is 5.95. The van der Waals surface area contributed by atoms with Crippen molar-refractivity contribution in [3.63, 3.8) is 0 Å². The molecule has 5 heteroatoms. The molecule has 0 fully saturated rings. The molecule has 0 aliphatic carbocycles. The van der Waals surface area contributed by atoms with E-state index in [9.17, 15) is 9.59 Å². The predicted molar refractivity (Wildman–Crippen MR) is 71.4 cm³/mol. The monoisotopic (exact) mass is 265 g/mol. The quantitative estimate of drug-likeness (QED) is 0.852. The van der Waals surface area contributed by atoms with E-state index in [4.69, 9.17) is 9.84 Å². The van der Waals surface area contributed by atoms with E-state index in [-0.39, 0.29) is 12.5 Å². The van der Waals surface area contributed by atoms with E-state index in [2.05, 4.69) is 0 Å². The van der Waals surface area contributed by atoms with Crippen LogP contribution in [0.25, 0.3) is 0 Å². The number of hydrogen-bond acceptors (Lipinski definition) is 3. The molecule has 1 N–H and O–H groups in total. The van der Waals surface area contributed by atoms with Crippen LogP contribution < -0.4 is 4.74 Å². The van der Waals surface area contributed by atoms with Gasteiger partial charge in [-0.1, -0.05) is 19.9 Å². The van der Waals surface area contributed by atoms with Gasteiger partial charge in [0, 0.05) is 12.6 Å². The van der Waals surface area contributed by atoms with Crippen LogP contribution in [0.5, 0.6) is 5.75 Å². The molecular weight excluding hydrogens is 246 g/mol. The van der Waals surface area contributed by atoms with E-state index in [1.807, 2.05) is 13.8 Å². The molecule has 0 radical (unpaired) electrons. The highest BCUT2D eigenvalue weighted by Crippen LogP contribution is 2.15. The first-order valence-electron chi connectivity index (χ1n) is 6.10. The van der Waals surface area contributed by atoms with Crippen molar-refractivity contribution in [2.75, 3.05) is 20.2 Å². The Morgan fingerprint density at radius 3 is 2.63 bits per heavy atom. The van der Waals surface area contributed by atoms with E-state index in [1.165, 1.54) is 7.05 Å². The van der Waals surface area contributed by atoms with E-state index < -0.39 is 5.97 Å². The Morgan fingerprint density at radius 2 is 2.05 bits per heavy atom. The van der Waals surface area contributed by atoms with E-state index in [1.54, 1.807) is 24.3 Å². The molecule has 1 aromatic rings. The number of carboxylic acids is 1. The van der Waals surface area contributed by atoms with Crippen LogP contribution in [0, 0.1) is 5.92 Å². The zero-order valence-electron chi connectivity index (χ0n) is 11.4. The topological polar surface area (TPSA) is 66.8 Å². The number of aliphatic carboxylic acids is 1. The maximum absolute atomic E-state index is 12.0. The first-order chi connectivity index (χ1) is 8.90. The lowest BCUT2D eigenvalue weighted by Gasteiger charge is -2.15. The zero-order valence-corrected chi connectivity index (χ0v) is 11.4. The fourth-order valence-electron chi connectivity index (χ4n) is 1.48. The Bertz CT molecular complexity index is 457. The van der Waals surface area contributed by atoms with Crippen molar-refractivity contribution < 1.29 is 19.4 Å². The van der Waals surface area contributed by atoms with Gasteiger partial charge in [0.15, 0.2) is 0 Å². The van der Waals surface area contributed by atoms with E-state index in [0.717, 1.165) is 4.90 Å². The number of carboxylic acid groups (broad SMARTS) is 1. The highest BCUT2D eigenvalue weighted by Gasteiger charge is 2.14. The number of likely N-dealkylation sites (N-methyl/N-ethyl adjacent to an activating group) is 1. The molecule has 0 heterocycles. The summed E-state index contributed by atoms with van der Waals surface area (Å²) in [4.78, 5) is 23.7. The molecule has 5 nitrogen and oxygen atoms in total. The summed E-state index contributed by atoms with van der Waals surface area (Å²) in [6.45, 7) is 4.32. The molecule has 0 aliphatic rings. The summed E-state index contributed by atoms with van der Waals surface area (Å²) in [5, 5.41) is 8.66. The minimum Gasteiger partial charge on any atom is -0.493 e. The van der Waals surface area contributed by atoms with Crippen LogP contribution in [0.2, 0.25) is 0 Å². The van der Waals surface area contributed by atoms with Crippen molar-refractivity contribution >= 4 is 11.9 Å². The van der Waals surface area contributed by atoms with Crippen LogP contribution in [0.4, 0.5) is 0 Å². The minimum atomic E-state index is -1.04. The second kappa shape index (κ2) is 6.78. The Balaban J connectivity index is 2.75. The zero-order chi connectivity index (χ0) is 14.4. The third-order valence-electron chi connectivity index (χ3n) is 2.38. The van der Waals surface area contributed by atoms with Crippen molar-refractivity contribution in [2.45, 2.75) is 13.8 Å². The second-order valence-corrected chi connectivity index (χ2v) is 4.79. The molecule has 0 saturated heterocycles. The number of carbonyl (C=O) groups is 2. The molecule has 104 valence electrons. The van der Waals surface area contributed by atoms with Crippen LogP contribution >= 0.6 is 0 Å². The van der Waals surface area contributed by atoms with Crippen molar-refractivity contribution in [2.24, 2.45) is 5.92 Å². The average Bonchev–Trinajstić information content (AvgIpc) is 2.35. The van der Waals surface area contributed by atoms with Crippen LogP contribution in [0.3, 0.4) is 0 Å². The Hall–Kier alpha value is -2.04. The van der Waals surface area contributed by atoms with Gasteiger partial charge in [-0.25, -0.2) is 0 Å². The summed E-state index contributed by atoms with van der Waals surface area (Å²) in [7, 11) is 1.46. The maximum atomic E-state index is 12.0. The van der Waals surface area contributed by atoms with Gasteiger partial charge >= 0.3 is 5.97 Å². The van der Waals surface area contributed by atoms with Crippen LogP contribution in [0.15, 0.2) is 24.3 Å². The second-order valence-electron chi connectivity index (χ2n) is 4.79. The van der Waals surface area contributed by atoms with Crippen LogP contribution in [-0.4, -0.2) is 42.1 Å². The lowest BCUT2D eigenvalue weighted by Crippen LogP contribution is -2.31. The molecular formula is C14H19NO4. The number of hydrogen-bond donors (Lipinski definition) is 1. The van der Waals surface area contributed by atoms with Crippen molar-refractivity contribution in [3.8, 4) is 5.75 Å². The van der Waals surface area contributed by atoms with Crippen molar-refractivity contribution in [1.29, 1.82) is 0 Å². The number of carbonyl (C=O) groups excluding carboxylic acids is 1. The van der Waals surface area contributed by atoms with Gasteiger partial charge in [-0.3, -0.25) is 9.59 Å². The summed E-state index contributed by atoms with van der Waals surface area (Å²) in [5.74, 6) is -0.363. The molecule has 0 spiro atoms. The van der Waals surface area contributed by atoms with E-state index >= 15 is 0 Å².